The fourth-order valence-electron chi connectivity index (χ4n) is 2.16. The summed E-state index contributed by atoms with van der Waals surface area (Å²) in [4.78, 5) is 32.6. The van der Waals surface area contributed by atoms with Gasteiger partial charge < -0.3 is 24.7 Å². The molecule has 110 valence electrons. The zero-order valence-corrected chi connectivity index (χ0v) is 11.5. The van der Waals surface area contributed by atoms with E-state index in [2.05, 4.69) is 15.3 Å². The van der Waals surface area contributed by atoms with E-state index in [1.807, 2.05) is 0 Å². The summed E-state index contributed by atoms with van der Waals surface area (Å²) in [6.45, 7) is 1.10. The quantitative estimate of drug-likeness (QED) is 0.582. The van der Waals surface area contributed by atoms with Gasteiger partial charge in [-0.1, -0.05) is 0 Å². The topological polar surface area (TPSA) is 96.5 Å². The summed E-state index contributed by atoms with van der Waals surface area (Å²) < 4.78 is 9.64. The van der Waals surface area contributed by atoms with Gasteiger partial charge in [-0.15, -0.1) is 0 Å². The van der Waals surface area contributed by atoms with Crippen LogP contribution in [-0.4, -0.2) is 60.3 Å². The zero-order valence-electron chi connectivity index (χ0n) is 11.5. The van der Waals surface area contributed by atoms with Crippen molar-refractivity contribution < 1.29 is 19.1 Å². The van der Waals surface area contributed by atoms with Crippen LogP contribution < -0.4 is 5.32 Å². The van der Waals surface area contributed by atoms with Crippen molar-refractivity contribution in [3.8, 4) is 0 Å². The van der Waals surface area contributed by atoms with Crippen molar-refractivity contribution >= 4 is 12.0 Å². The van der Waals surface area contributed by atoms with Crippen LogP contribution in [0.2, 0.25) is 0 Å². The van der Waals surface area contributed by atoms with E-state index in [4.69, 9.17) is 9.47 Å². The molecule has 2 rings (SSSR count). The number of H-pyrrole nitrogens is 1. The van der Waals surface area contributed by atoms with Crippen molar-refractivity contribution in [1.29, 1.82) is 0 Å². The summed E-state index contributed by atoms with van der Waals surface area (Å²) in [5.41, 5.74) is 1.63. The number of aromatic amines is 1. The molecule has 0 saturated carbocycles. The van der Waals surface area contributed by atoms with Crippen LogP contribution in [0.1, 0.15) is 11.4 Å². The van der Waals surface area contributed by atoms with Gasteiger partial charge >= 0.3 is 12.0 Å². The molecule has 1 aromatic rings. The summed E-state index contributed by atoms with van der Waals surface area (Å²) in [5.74, 6) is -0.444. The third kappa shape index (κ3) is 2.90. The molecule has 0 saturated heterocycles. The number of urea groups is 1. The summed E-state index contributed by atoms with van der Waals surface area (Å²) >= 11 is 0. The van der Waals surface area contributed by atoms with E-state index in [0.717, 1.165) is 11.4 Å². The molecule has 2 amide bonds. The normalized spacial score (nSPS) is 17.5. The average molecular weight is 282 g/mol. The maximum Gasteiger partial charge on any atom is 0.329 e. The number of amides is 2. The van der Waals surface area contributed by atoms with Gasteiger partial charge in [0.15, 0.2) is 0 Å². The van der Waals surface area contributed by atoms with Crippen LogP contribution in [-0.2, 0) is 27.2 Å². The number of carbonyl (C=O) groups is 2. The minimum atomic E-state index is -0.654. The molecule has 0 aromatic carbocycles. The molecular weight excluding hydrogens is 264 g/mol. The van der Waals surface area contributed by atoms with Crippen LogP contribution in [0.5, 0.6) is 0 Å². The van der Waals surface area contributed by atoms with Gasteiger partial charge in [-0.25, -0.2) is 14.6 Å². The summed E-state index contributed by atoms with van der Waals surface area (Å²) in [6, 6.07) is -0.976. The van der Waals surface area contributed by atoms with Crippen molar-refractivity contribution in [1.82, 2.24) is 20.2 Å². The van der Waals surface area contributed by atoms with Gasteiger partial charge in [-0.2, -0.15) is 0 Å². The fourth-order valence-corrected chi connectivity index (χ4v) is 2.16. The molecule has 8 nitrogen and oxygen atoms in total. The average Bonchev–Trinajstić information content (AvgIpc) is 2.92. The number of esters is 1. The molecule has 20 heavy (non-hydrogen) atoms. The Morgan fingerprint density at radius 1 is 1.55 bits per heavy atom. The standard InChI is InChI=1S/C12H18N4O4/c1-19-4-3-13-12(18)16-6-9-8(14-7-15-9)5-10(16)11(17)20-2/h7,10H,3-6H2,1-2H3,(H,13,18)(H,14,15). The van der Waals surface area contributed by atoms with Crippen molar-refractivity contribution in [3.63, 3.8) is 0 Å². The highest BCUT2D eigenvalue weighted by atomic mass is 16.5. The number of carbonyl (C=O) groups excluding carboxylic acids is 2. The molecule has 1 aliphatic rings. The maximum absolute atomic E-state index is 12.2. The number of hydrogen-bond acceptors (Lipinski definition) is 5. The first kappa shape index (κ1) is 14.3. The largest absolute Gasteiger partial charge is 0.467 e. The molecule has 0 radical (unpaired) electrons. The molecule has 1 aromatic heterocycles. The zero-order chi connectivity index (χ0) is 14.5. The second-order valence-corrected chi connectivity index (χ2v) is 4.42. The minimum Gasteiger partial charge on any atom is -0.467 e. The highest BCUT2D eigenvalue weighted by molar-refractivity contribution is 5.84. The maximum atomic E-state index is 12.2. The van der Waals surface area contributed by atoms with Gasteiger partial charge in [-0.05, 0) is 0 Å². The first-order valence-corrected chi connectivity index (χ1v) is 6.29. The molecule has 0 fully saturated rings. The Bertz CT molecular complexity index is 488. The van der Waals surface area contributed by atoms with Gasteiger partial charge in [0.05, 0.1) is 38.0 Å². The van der Waals surface area contributed by atoms with E-state index in [1.165, 1.54) is 12.0 Å². The Labute approximate surface area is 116 Å². The second kappa shape index (κ2) is 6.38. The van der Waals surface area contributed by atoms with E-state index in [0.29, 0.717) is 26.1 Å². The number of nitrogens with zero attached hydrogens (tertiary/aromatic N) is 2. The second-order valence-electron chi connectivity index (χ2n) is 4.42. The molecule has 1 unspecified atom stereocenters. The molecule has 2 N–H and O–H groups in total. The lowest BCUT2D eigenvalue weighted by molar-refractivity contribution is -0.146. The number of rotatable bonds is 4. The summed E-state index contributed by atoms with van der Waals surface area (Å²) in [5, 5.41) is 2.71. The minimum absolute atomic E-state index is 0.300. The number of aromatic nitrogens is 2. The summed E-state index contributed by atoms with van der Waals surface area (Å²) in [6.07, 6.45) is 1.91. The predicted molar refractivity (Wildman–Crippen MR) is 68.9 cm³/mol. The molecule has 1 aliphatic heterocycles. The lowest BCUT2D eigenvalue weighted by Crippen LogP contribution is -2.53. The fraction of sp³-hybridized carbons (Fsp3) is 0.583. The van der Waals surface area contributed by atoms with Gasteiger partial charge in [0.2, 0.25) is 0 Å². The van der Waals surface area contributed by atoms with Crippen molar-refractivity contribution in [2.45, 2.75) is 19.0 Å². The number of hydrogen-bond donors (Lipinski definition) is 2. The van der Waals surface area contributed by atoms with Crippen LogP contribution in [0, 0.1) is 0 Å². The van der Waals surface area contributed by atoms with Crippen molar-refractivity contribution in [2.24, 2.45) is 0 Å². The molecule has 0 spiro atoms. The first-order chi connectivity index (χ1) is 9.67. The van der Waals surface area contributed by atoms with Crippen LogP contribution >= 0.6 is 0 Å². The van der Waals surface area contributed by atoms with Crippen LogP contribution in [0.4, 0.5) is 4.79 Å². The number of nitrogens with one attached hydrogen (secondary N) is 2. The molecule has 0 bridgehead atoms. The van der Waals surface area contributed by atoms with E-state index >= 15 is 0 Å². The van der Waals surface area contributed by atoms with Crippen molar-refractivity contribution in [2.75, 3.05) is 27.4 Å². The Kier molecular flexibility index (Phi) is 4.57. The number of ether oxygens (including phenoxy) is 2. The Morgan fingerprint density at radius 2 is 2.35 bits per heavy atom. The third-order valence-electron chi connectivity index (χ3n) is 3.22. The summed E-state index contributed by atoms with van der Waals surface area (Å²) in [7, 11) is 2.87. The number of fused-ring (bicyclic) bond motifs is 1. The van der Waals surface area contributed by atoms with Gasteiger partial charge in [-0.3, -0.25) is 0 Å². The van der Waals surface area contributed by atoms with Gasteiger partial charge in [0.1, 0.15) is 6.04 Å². The Morgan fingerprint density at radius 3 is 3.05 bits per heavy atom. The molecule has 0 aliphatic carbocycles. The van der Waals surface area contributed by atoms with Gasteiger partial charge in [0.25, 0.3) is 0 Å². The smallest absolute Gasteiger partial charge is 0.329 e. The lowest BCUT2D eigenvalue weighted by Gasteiger charge is -2.33. The van der Waals surface area contributed by atoms with E-state index in [1.54, 1.807) is 13.4 Å². The van der Waals surface area contributed by atoms with Crippen molar-refractivity contribution in [3.05, 3.63) is 17.7 Å². The molecule has 8 heteroatoms. The SMILES string of the molecule is COCCNC(=O)N1Cc2[nH]cnc2CC1C(=O)OC. The van der Waals surface area contributed by atoms with Crippen LogP contribution in [0.15, 0.2) is 6.33 Å². The Hall–Kier alpha value is -2.09. The molecular formula is C12H18N4O4. The number of imidazole rings is 1. The Balaban J connectivity index is 2.11. The third-order valence-corrected chi connectivity index (χ3v) is 3.22. The molecule has 1 atom stereocenters. The van der Waals surface area contributed by atoms with Crippen LogP contribution in [0.3, 0.4) is 0 Å². The van der Waals surface area contributed by atoms with E-state index < -0.39 is 12.0 Å². The van der Waals surface area contributed by atoms with Gasteiger partial charge in [0, 0.05) is 20.1 Å². The lowest BCUT2D eigenvalue weighted by atomic mass is 10.0. The highest BCUT2D eigenvalue weighted by Gasteiger charge is 2.36. The number of methoxy groups -OCH3 is 2. The van der Waals surface area contributed by atoms with E-state index in [9.17, 15) is 9.59 Å². The van der Waals surface area contributed by atoms with E-state index in [-0.39, 0.29) is 6.03 Å². The first-order valence-electron chi connectivity index (χ1n) is 6.29. The van der Waals surface area contributed by atoms with Crippen LogP contribution in [0.25, 0.3) is 0 Å². The predicted octanol–water partition coefficient (Wildman–Crippen LogP) is -0.335. The molecule has 2 heterocycles. The highest BCUT2D eigenvalue weighted by Crippen LogP contribution is 2.21. The monoisotopic (exact) mass is 282 g/mol.